The highest BCUT2D eigenvalue weighted by Crippen LogP contribution is 2.36. The van der Waals surface area contributed by atoms with E-state index in [1.165, 1.54) is 12.8 Å². The lowest BCUT2D eigenvalue weighted by Gasteiger charge is -2.09. The van der Waals surface area contributed by atoms with E-state index < -0.39 is 0 Å². The number of hydrogen-bond donors (Lipinski definition) is 0. The first kappa shape index (κ1) is 17.6. The maximum Gasteiger partial charge on any atom is 0.132 e. The van der Waals surface area contributed by atoms with Gasteiger partial charge < -0.3 is 4.74 Å². The van der Waals surface area contributed by atoms with Crippen LogP contribution in [0.2, 0.25) is 5.15 Å². The predicted octanol–water partition coefficient (Wildman–Crippen LogP) is 6.11. The van der Waals surface area contributed by atoms with Gasteiger partial charge in [0.2, 0.25) is 0 Å². The molecule has 5 nitrogen and oxygen atoms in total. The van der Waals surface area contributed by atoms with Crippen molar-refractivity contribution in [3.8, 4) is 22.6 Å². The molecule has 5 rings (SSSR count). The van der Waals surface area contributed by atoms with E-state index in [4.69, 9.17) is 16.3 Å². The van der Waals surface area contributed by atoms with Crippen LogP contribution >= 0.6 is 27.5 Å². The standard InChI is InChI=1S/C21H16BrClN4O/c22-20-17(7-8-18-21(20)25-26-27(18)12-13-1-2-13)14-3-5-15(6-4-14)28-16-9-10-24-19(23)11-16/h3-11,13H,1-2,12H2. The van der Waals surface area contributed by atoms with E-state index in [2.05, 4.69) is 43.4 Å². The Hall–Kier alpha value is -2.44. The Bertz CT molecular complexity index is 1160. The second-order valence-electron chi connectivity index (χ2n) is 6.95. The van der Waals surface area contributed by atoms with Crippen molar-refractivity contribution in [2.75, 3.05) is 0 Å². The lowest BCUT2D eigenvalue weighted by atomic mass is 10.0. The molecule has 0 N–H and O–H groups in total. The average Bonchev–Trinajstić information content (AvgIpc) is 3.42. The molecule has 0 aliphatic heterocycles. The van der Waals surface area contributed by atoms with Gasteiger partial charge >= 0.3 is 0 Å². The van der Waals surface area contributed by atoms with Gasteiger partial charge in [-0.3, -0.25) is 0 Å². The fourth-order valence-corrected chi connectivity index (χ4v) is 4.00. The molecule has 1 saturated carbocycles. The monoisotopic (exact) mass is 454 g/mol. The minimum Gasteiger partial charge on any atom is -0.457 e. The van der Waals surface area contributed by atoms with E-state index in [1.54, 1.807) is 18.3 Å². The number of nitrogens with zero attached hydrogens (tertiary/aromatic N) is 4. The van der Waals surface area contributed by atoms with Crippen LogP contribution in [0.1, 0.15) is 12.8 Å². The summed E-state index contributed by atoms with van der Waals surface area (Å²) in [5, 5.41) is 9.13. The number of hydrogen-bond acceptors (Lipinski definition) is 4. The third-order valence-electron chi connectivity index (χ3n) is 4.85. The van der Waals surface area contributed by atoms with Crippen LogP contribution < -0.4 is 4.74 Å². The molecule has 0 unspecified atom stereocenters. The fourth-order valence-electron chi connectivity index (χ4n) is 3.19. The normalized spacial score (nSPS) is 13.8. The molecule has 1 aliphatic carbocycles. The highest BCUT2D eigenvalue weighted by molar-refractivity contribution is 9.10. The molecule has 2 aromatic carbocycles. The van der Waals surface area contributed by atoms with Crippen LogP contribution in [0.3, 0.4) is 0 Å². The molecule has 1 aliphatic rings. The molecule has 28 heavy (non-hydrogen) atoms. The van der Waals surface area contributed by atoms with Gasteiger partial charge in [-0.05, 0) is 70.1 Å². The van der Waals surface area contributed by atoms with Gasteiger partial charge in [-0.25, -0.2) is 9.67 Å². The summed E-state index contributed by atoms with van der Waals surface area (Å²) in [5.41, 5.74) is 4.11. The Morgan fingerprint density at radius 1 is 1.07 bits per heavy atom. The van der Waals surface area contributed by atoms with Crippen LogP contribution in [0, 0.1) is 5.92 Å². The molecule has 7 heteroatoms. The minimum absolute atomic E-state index is 0.404. The summed E-state index contributed by atoms with van der Waals surface area (Å²) in [6.45, 7) is 0.952. The van der Waals surface area contributed by atoms with Gasteiger partial charge in [0.05, 0.1) is 9.99 Å². The van der Waals surface area contributed by atoms with Crippen molar-refractivity contribution >= 4 is 38.6 Å². The van der Waals surface area contributed by atoms with Gasteiger partial charge in [0.15, 0.2) is 0 Å². The zero-order chi connectivity index (χ0) is 19.1. The molecule has 1 fully saturated rings. The van der Waals surface area contributed by atoms with Crippen molar-refractivity contribution in [3.05, 3.63) is 64.4 Å². The second kappa shape index (κ2) is 7.18. The second-order valence-corrected chi connectivity index (χ2v) is 8.13. The predicted molar refractivity (Wildman–Crippen MR) is 113 cm³/mol. The van der Waals surface area contributed by atoms with Crippen molar-refractivity contribution in [1.82, 2.24) is 20.0 Å². The maximum atomic E-state index is 5.91. The average molecular weight is 456 g/mol. The summed E-state index contributed by atoms with van der Waals surface area (Å²) in [6.07, 6.45) is 4.20. The summed E-state index contributed by atoms with van der Waals surface area (Å²) in [5.74, 6) is 2.15. The van der Waals surface area contributed by atoms with E-state index in [1.807, 2.05) is 28.9 Å². The topological polar surface area (TPSA) is 52.8 Å². The van der Waals surface area contributed by atoms with Gasteiger partial charge in [-0.1, -0.05) is 35.0 Å². The zero-order valence-electron chi connectivity index (χ0n) is 14.8. The molecule has 2 heterocycles. The Morgan fingerprint density at radius 2 is 1.89 bits per heavy atom. The van der Waals surface area contributed by atoms with Crippen LogP contribution in [0.4, 0.5) is 0 Å². The molecule has 0 amide bonds. The first-order valence-electron chi connectivity index (χ1n) is 9.09. The molecule has 2 aromatic heterocycles. The summed E-state index contributed by atoms with van der Waals surface area (Å²) in [4.78, 5) is 3.96. The van der Waals surface area contributed by atoms with Crippen LogP contribution in [0.25, 0.3) is 22.2 Å². The third kappa shape index (κ3) is 3.50. The molecule has 4 aromatic rings. The van der Waals surface area contributed by atoms with Gasteiger partial charge in [0, 0.05) is 18.8 Å². The van der Waals surface area contributed by atoms with Crippen LogP contribution in [0.5, 0.6) is 11.5 Å². The largest absolute Gasteiger partial charge is 0.457 e. The van der Waals surface area contributed by atoms with Gasteiger partial charge in [-0.2, -0.15) is 0 Å². The van der Waals surface area contributed by atoms with Crippen molar-refractivity contribution < 1.29 is 4.74 Å². The maximum absolute atomic E-state index is 5.91. The Balaban J connectivity index is 1.42. The van der Waals surface area contributed by atoms with Crippen molar-refractivity contribution in [1.29, 1.82) is 0 Å². The Kier molecular flexibility index (Phi) is 4.53. The molecule has 0 radical (unpaired) electrons. The van der Waals surface area contributed by atoms with Gasteiger partial charge in [-0.15, -0.1) is 5.10 Å². The molecular weight excluding hydrogens is 440 g/mol. The fraction of sp³-hybridized carbons (Fsp3) is 0.190. The highest BCUT2D eigenvalue weighted by Gasteiger charge is 2.23. The molecule has 0 saturated heterocycles. The summed E-state index contributed by atoms with van der Waals surface area (Å²) >= 11 is 9.63. The van der Waals surface area contributed by atoms with Gasteiger partial charge in [0.1, 0.15) is 22.2 Å². The van der Waals surface area contributed by atoms with Crippen LogP contribution in [-0.2, 0) is 6.54 Å². The number of halogens is 2. The molecule has 140 valence electrons. The number of benzene rings is 2. The number of ether oxygens (including phenoxy) is 1. The first-order chi connectivity index (χ1) is 13.7. The van der Waals surface area contributed by atoms with E-state index >= 15 is 0 Å². The van der Waals surface area contributed by atoms with Crippen LogP contribution in [0.15, 0.2) is 59.2 Å². The van der Waals surface area contributed by atoms with E-state index in [-0.39, 0.29) is 0 Å². The number of fused-ring (bicyclic) bond motifs is 1. The highest BCUT2D eigenvalue weighted by atomic mass is 79.9. The lowest BCUT2D eigenvalue weighted by molar-refractivity contribution is 0.482. The first-order valence-corrected chi connectivity index (χ1v) is 10.3. The van der Waals surface area contributed by atoms with Crippen molar-refractivity contribution in [2.24, 2.45) is 5.92 Å². The molecule has 0 bridgehead atoms. The molecule has 0 atom stereocenters. The summed E-state index contributed by atoms with van der Waals surface area (Å²) < 4.78 is 8.81. The number of rotatable bonds is 5. The smallest absolute Gasteiger partial charge is 0.132 e. The zero-order valence-corrected chi connectivity index (χ0v) is 17.2. The summed E-state index contributed by atoms with van der Waals surface area (Å²) in [6, 6.07) is 15.6. The van der Waals surface area contributed by atoms with Crippen molar-refractivity contribution in [2.45, 2.75) is 19.4 Å². The lowest BCUT2D eigenvalue weighted by Crippen LogP contribution is -2.01. The Labute approximate surface area is 175 Å². The molecule has 0 spiro atoms. The van der Waals surface area contributed by atoms with E-state index in [0.717, 1.165) is 44.8 Å². The summed E-state index contributed by atoms with van der Waals surface area (Å²) in [7, 11) is 0. The van der Waals surface area contributed by atoms with E-state index in [9.17, 15) is 0 Å². The van der Waals surface area contributed by atoms with Crippen LogP contribution in [-0.4, -0.2) is 20.0 Å². The third-order valence-corrected chi connectivity index (χ3v) is 5.86. The minimum atomic E-state index is 0.404. The van der Waals surface area contributed by atoms with E-state index in [0.29, 0.717) is 10.9 Å². The SMILES string of the molecule is Clc1cc(Oc2ccc(-c3ccc4c(nnn4CC4CC4)c3Br)cc2)ccn1. The molecular formula is C21H16BrClN4O. The quantitative estimate of drug-likeness (QED) is 0.341. The number of aromatic nitrogens is 4. The number of pyridine rings is 1. The van der Waals surface area contributed by atoms with Gasteiger partial charge in [0.25, 0.3) is 0 Å². The Morgan fingerprint density at radius 3 is 2.64 bits per heavy atom. The van der Waals surface area contributed by atoms with Crippen molar-refractivity contribution in [3.63, 3.8) is 0 Å².